The Morgan fingerprint density at radius 1 is 0.833 bits per heavy atom. The fourth-order valence-electron chi connectivity index (χ4n) is 2.29. The molecule has 0 radical (unpaired) electrons. The standard InChI is InChI=1S/C18H20/c1-3-5-9-15-13-14-16-10-7-8-12-18(16)17(15)11-6-4-2/h3-8,10,12-14H,9,11H2,1-2H3. The van der Waals surface area contributed by atoms with E-state index in [1.807, 2.05) is 0 Å². The van der Waals surface area contributed by atoms with E-state index >= 15 is 0 Å². The van der Waals surface area contributed by atoms with E-state index in [-0.39, 0.29) is 0 Å². The lowest BCUT2D eigenvalue weighted by atomic mass is 9.94. The summed E-state index contributed by atoms with van der Waals surface area (Å²) in [5.74, 6) is 0. The first kappa shape index (κ1) is 12.6. The lowest BCUT2D eigenvalue weighted by Crippen LogP contribution is -1.93. The number of fused-ring (bicyclic) bond motifs is 1. The van der Waals surface area contributed by atoms with E-state index in [9.17, 15) is 0 Å². The second-order valence-electron chi connectivity index (χ2n) is 4.47. The minimum absolute atomic E-state index is 1.02. The average molecular weight is 236 g/mol. The van der Waals surface area contributed by atoms with Crippen LogP contribution < -0.4 is 0 Å². The second-order valence-corrected chi connectivity index (χ2v) is 4.47. The van der Waals surface area contributed by atoms with E-state index in [1.54, 1.807) is 0 Å². The van der Waals surface area contributed by atoms with Crippen molar-refractivity contribution in [1.29, 1.82) is 0 Å². The molecule has 0 aliphatic carbocycles. The van der Waals surface area contributed by atoms with E-state index in [1.165, 1.54) is 21.9 Å². The van der Waals surface area contributed by atoms with Gasteiger partial charge in [0.1, 0.15) is 0 Å². The highest BCUT2D eigenvalue weighted by atomic mass is 14.1. The molecule has 18 heavy (non-hydrogen) atoms. The van der Waals surface area contributed by atoms with Crippen LogP contribution in [0.4, 0.5) is 0 Å². The van der Waals surface area contributed by atoms with E-state index in [4.69, 9.17) is 0 Å². The zero-order valence-corrected chi connectivity index (χ0v) is 11.2. The van der Waals surface area contributed by atoms with E-state index < -0.39 is 0 Å². The Morgan fingerprint density at radius 2 is 1.56 bits per heavy atom. The first-order valence-electron chi connectivity index (χ1n) is 6.58. The Morgan fingerprint density at radius 3 is 2.33 bits per heavy atom. The maximum atomic E-state index is 2.27. The molecule has 0 spiro atoms. The first-order chi connectivity index (χ1) is 8.86. The molecule has 0 N–H and O–H groups in total. The van der Waals surface area contributed by atoms with Gasteiger partial charge in [0, 0.05) is 0 Å². The van der Waals surface area contributed by atoms with Crippen LogP contribution >= 0.6 is 0 Å². The smallest absolute Gasteiger partial charge is 0.00885 e. The van der Waals surface area contributed by atoms with Crippen LogP contribution in [0.1, 0.15) is 25.0 Å². The van der Waals surface area contributed by atoms with Gasteiger partial charge in [-0.15, -0.1) is 0 Å². The third-order valence-electron chi connectivity index (χ3n) is 3.27. The van der Waals surface area contributed by atoms with Crippen molar-refractivity contribution < 1.29 is 0 Å². The molecule has 0 aliphatic rings. The van der Waals surface area contributed by atoms with Gasteiger partial charge in [0.25, 0.3) is 0 Å². The zero-order valence-electron chi connectivity index (χ0n) is 11.2. The molecule has 0 aliphatic heterocycles. The van der Waals surface area contributed by atoms with Crippen LogP contribution in [0.2, 0.25) is 0 Å². The summed E-state index contributed by atoms with van der Waals surface area (Å²) in [6.07, 6.45) is 10.7. The fourth-order valence-corrected chi connectivity index (χ4v) is 2.29. The van der Waals surface area contributed by atoms with Crippen molar-refractivity contribution in [2.24, 2.45) is 0 Å². The van der Waals surface area contributed by atoms with Crippen LogP contribution in [0.15, 0.2) is 60.7 Å². The van der Waals surface area contributed by atoms with Crippen molar-refractivity contribution >= 4 is 10.8 Å². The van der Waals surface area contributed by atoms with Gasteiger partial charge in [-0.25, -0.2) is 0 Å². The van der Waals surface area contributed by atoms with Crippen molar-refractivity contribution in [3.8, 4) is 0 Å². The van der Waals surface area contributed by atoms with Gasteiger partial charge in [0.15, 0.2) is 0 Å². The number of benzene rings is 2. The molecule has 0 nitrogen and oxygen atoms in total. The molecule has 0 saturated carbocycles. The molecule has 2 aromatic rings. The molecule has 0 aromatic heterocycles. The number of allylic oxidation sites excluding steroid dienone is 4. The van der Waals surface area contributed by atoms with Gasteiger partial charge >= 0.3 is 0 Å². The van der Waals surface area contributed by atoms with Crippen molar-refractivity contribution in [1.82, 2.24) is 0 Å². The molecule has 92 valence electrons. The van der Waals surface area contributed by atoms with Gasteiger partial charge in [-0.05, 0) is 48.6 Å². The lowest BCUT2D eigenvalue weighted by molar-refractivity contribution is 1.16. The van der Waals surface area contributed by atoms with E-state index in [0.717, 1.165) is 12.8 Å². The van der Waals surface area contributed by atoms with E-state index in [0.29, 0.717) is 0 Å². The molecule has 0 bridgehead atoms. The summed E-state index contributed by atoms with van der Waals surface area (Å²) in [7, 11) is 0. The number of rotatable bonds is 4. The molecule has 0 unspecified atom stereocenters. The molecular formula is C18H20. The largest absolute Gasteiger partial charge is 0.0913 e. The maximum Gasteiger partial charge on any atom is -0.00885 e. The summed E-state index contributed by atoms with van der Waals surface area (Å²) >= 11 is 0. The highest BCUT2D eigenvalue weighted by Gasteiger charge is 2.04. The van der Waals surface area contributed by atoms with Crippen LogP contribution in [0.3, 0.4) is 0 Å². The maximum absolute atomic E-state index is 2.27. The Balaban J connectivity index is 2.54. The second kappa shape index (κ2) is 6.20. The summed E-state index contributed by atoms with van der Waals surface area (Å²) in [5.41, 5.74) is 2.90. The lowest BCUT2D eigenvalue weighted by Gasteiger charge is -2.10. The fraction of sp³-hybridized carbons (Fsp3) is 0.222. The number of hydrogen-bond acceptors (Lipinski definition) is 0. The third-order valence-corrected chi connectivity index (χ3v) is 3.27. The van der Waals surface area contributed by atoms with Gasteiger partial charge in [-0.2, -0.15) is 0 Å². The average Bonchev–Trinajstić information content (AvgIpc) is 2.43. The van der Waals surface area contributed by atoms with Crippen LogP contribution in [-0.4, -0.2) is 0 Å². The van der Waals surface area contributed by atoms with Crippen molar-refractivity contribution in [2.75, 3.05) is 0 Å². The molecule has 0 saturated heterocycles. The summed E-state index contributed by atoms with van der Waals surface area (Å²) in [6, 6.07) is 13.1. The Kier molecular flexibility index (Phi) is 4.35. The van der Waals surface area contributed by atoms with Crippen LogP contribution in [-0.2, 0) is 12.8 Å². The predicted molar refractivity (Wildman–Crippen MR) is 81.0 cm³/mol. The zero-order chi connectivity index (χ0) is 12.8. The molecule has 0 atom stereocenters. The van der Waals surface area contributed by atoms with Gasteiger partial charge in [-0.1, -0.05) is 60.7 Å². The Labute approximate surface area is 110 Å². The summed E-state index contributed by atoms with van der Waals surface area (Å²) in [6.45, 7) is 4.16. The SMILES string of the molecule is CC=CCc1ccc2ccccc2c1CC=CC. The van der Waals surface area contributed by atoms with Gasteiger partial charge in [0.05, 0.1) is 0 Å². The normalized spacial score (nSPS) is 11.9. The Hall–Kier alpha value is -1.82. The Bertz CT molecular complexity index is 574. The van der Waals surface area contributed by atoms with E-state index in [2.05, 4.69) is 74.5 Å². The van der Waals surface area contributed by atoms with Crippen molar-refractivity contribution in [3.05, 3.63) is 71.8 Å². The van der Waals surface area contributed by atoms with Crippen LogP contribution in [0, 0.1) is 0 Å². The van der Waals surface area contributed by atoms with Crippen molar-refractivity contribution in [2.45, 2.75) is 26.7 Å². The molecule has 2 rings (SSSR count). The molecule has 0 heteroatoms. The molecule has 0 fully saturated rings. The van der Waals surface area contributed by atoms with Crippen molar-refractivity contribution in [3.63, 3.8) is 0 Å². The molecule has 0 amide bonds. The third kappa shape index (κ3) is 2.70. The monoisotopic (exact) mass is 236 g/mol. The number of hydrogen-bond donors (Lipinski definition) is 0. The van der Waals surface area contributed by atoms with Gasteiger partial charge in [0.2, 0.25) is 0 Å². The van der Waals surface area contributed by atoms with Gasteiger partial charge < -0.3 is 0 Å². The quantitative estimate of drug-likeness (QED) is 0.650. The molecule has 0 heterocycles. The van der Waals surface area contributed by atoms with Crippen LogP contribution in [0.25, 0.3) is 10.8 Å². The topological polar surface area (TPSA) is 0 Å². The van der Waals surface area contributed by atoms with Crippen LogP contribution in [0.5, 0.6) is 0 Å². The summed E-state index contributed by atoms with van der Waals surface area (Å²) < 4.78 is 0. The minimum atomic E-state index is 1.02. The minimum Gasteiger partial charge on any atom is -0.0913 e. The first-order valence-corrected chi connectivity index (χ1v) is 6.58. The molecular weight excluding hydrogens is 216 g/mol. The predicted octanol–water partition coefficient (Wildman–Crippen LogP) is 5.08. The summed E-state index contributed by atoms with van der Waals surface area (Å²) in [5, 5.41) is 2.72. The summed E-state index contributed by atoms with van der Waals surface area (Å²) in [4.78, 5) is 0. The highest BCUT2D eigenvalue weighted by molar-refractivity contribution is 5.87. The highest BCUT2D eigenvalue weighted by Crippen LogP contribution is 2.24. The van der Waals surface area contributed by atoms with Gasteiger partial charge in [-0.3, -0.25) is 0 Å². The molecule has 2 aromatic carbocycles.